The highest BCUT2D eigenvalue weighted by atomic mass is 79.9. The van der Waals surface area contributed by atoms with Gasteiger partial charge in [-0.25, -0.2) is 9.37 Å². The Morgan fingerprint density at radius 2 is 1.90 bits per heavy atom. The maximum atomic E-state index is 13.7. The summed E-state index contributed by atoms with van der Waals surface area (Å²) in [5.41, 5.74) is 5.71. The summed E-state index contributed by atoms with van der Waals surface area (Å²) in [6.07, 6.45) is -2.96. The van der Waals surface area contributed by atoms with Gasteiger partial charge in [-0.15, -0.1) is 0 Å². The molecule has 0 unspecified atom stereocenters. The molecule has 3 rings (SSSR count). The zero-order chi connectivity index (χ0) is 22.1. The number of H-pyrrole nitrogens is 1. The third-order valence-electron chi connectivity index (χ3n) is 4.90. The summed E-state index contributed by atoms with van der Waals surface area (Å²) in [5.74, 6) is -0.163. The van der Waals surface area contributed by atoms with E-state index in [4.69, 9.17) is 5.73 Å². The lowest BCUT2D eigenvalue weighted by Crippen LogP contribution is -2.16. The van der Waals surface area contributed by atoms with Crippen molar-refractivity contribution in [1.29, 1.82) is 0 Å². The number of benzene rings is 2. The van der Waals surface area contributed by atoms with Gasteiger partial charge in [-0.05, 0) is 65.4 Å². The molecule has 1 atom stereocenters. The quantitative estimate of drug-likeness (QED) is 0.361. The Balaban J connectivity index is 1.76. The fraction of sp³-hybridized carbons (Fsp3) is 0.333. The Kier molecular flexibility index (Phi) is 6.62. The van der Waals surface area contributed by atoms with E-state index in [1.807, 2.05) is 0 Å². The number of fused-ring (bicyclic) bond motifs is 1. The van der Waals surface area contributed by atoms with Crippen molar-refractivity contribution in [1.82, 2.24) is 9.97 Å². The van der Waals surface area contributed by atoms with Crippen LogP contribution in [0, 0.1) is 5.82 Å². The maximum absolute atomic E-state index is 13.7. The normalized spacial score (nSPS) is 13.0. The molecule has 9 heteroatoms. The van der Waals surface area contributed by atoms with E-state index in [0.29, 0.717) is 30.7 Å². The number of halogens is 5. The third kappa shape index (κ3) is 4.89. The molecule has 0 saturated carbocycles. The molecule has 0 bridgehead atoms. The number of aromatic nitrogens is 2. The molecular weight excluding hydrogens is 466 g/mol. The number of nitrogens with zero attached hydrogens (tertiary/aromatic N) is 1. The monoisotopic (exact) mass is 485 g/mol. The Hall–Kier alpha value is -2.26. The second kappa shape index (κ2) is 8.85. The van der Waals surface area contributed by atoms with E-state index in [-0.39, 0.29) is 27.4 Å². The zero-order valence-electron chi connectivity index (χ0n) is 16.1. The molecule has 1 aromatic heterocycles. The minimum Gasteiger partial charge on any atom is -0.324 e. The van der Waals surface area contributed by atoms with E-state index in [0.717, 1.165) is 6.07 Å². The average molecular weight is 486 g/mol. The summed E-state index contributed by atoms with van der Waals surface area (Å²) in [6, 6.07) is 6.07. The molecule has 0 aliphatic rings. The smallest absolute Gasteiger partial charge is 0.324 e. The van der Waals surface area contributed by atoms with Crippen LogP contribution < -0.4 is 11.3 Å². The van der Waals surface area contributed by atoms with Gasteiger partial charge in [-0.1, -0.05) is 12.1 Å². The second-order valence-corrected chi connectivity index (χ2v) is 8.02. The lowest BCUT2D eigenvalue weighted by molar-refractivity contribution is -0.138. The van der Waals surface area contributed by atoms with Crippen LogP contribution in [0.4, 0.5) is 17.6 Å². The molecule has 0 radical (unpaired) electrons. The van der Waals surface area contributed by atoms with Gasteiger partial charge in [0.15, 0.2) is 0 Å². The van der Waals surface area contributed by atoms with Gasteiger partial charge in [0.2, 0.25) is 0 Å². The molecule has 0 amide bonds. The van der Waals surface area contributed by atoms with Crippen molar-refractivity contribution in [3.63, 3.8) is 0 Å². The largest absolute Gasteiger partial charge is 0.416 e. The number of alkyl halides is 3. The Labute approximate surface area is 178 Å². The Morgan fingerprint density at radius 1 is 1.20 bits per heavy atom. The third-order valence-corrected chi connectivity index (χ3v) is 5.50. The number of nitrogens with two attached hydrogens (primary N) is 1. The summed E-state index contributed by atoms with van der Waals surface area (Å²) in [6.45, 7) is 1.65. The lowest BCUT2D eigenvalue weighted by atomic mass is 9.92. The molecule has 30 heavy (non-hydrogen) atoms. The van der Waals surface area contributed by atoms with Crippen LogP contribution in [0.15, 0.2) is 39.6 Å². The van der Waals surface area contributed by atoms with Crippen LogP contribution in [0.2, 0.25) is 0 Å². The molecule has 160 valence electrons. The van der Waals surface area contributed by atoms with E-state index in [1.165, 1.54) is 18.2 Å². The van der Waals surface area contributed by atoms with Crippen molar-refractivity contribution in [2.45, 2.75) is 44.8 Å². The van der Waals surface area contributed by atoms with Gasteiger partial charge >= 0.3 is 6.18 Å². The molecular formula is C21H20BrF4N3O. The van der Waals surface area contributed by atoms with Crippen LogP contribution in [0.1, 0.15) is 48.3 Å². The predicted molar refractivity (Wildman–Crippen MR) is 111 cm³/mol. The van der Waals surface area contributed by atoms with Gasteiger partial charge in [0.25, 0.3) is 5.56 Å². The summed E-state index contributed by atoms with van der Waals surface area (Å²) in [7, 11) is 0. The van der Waals surface area contributed by atoms with E-state index in [9.17, 15) is 22.4 Å². The molecule has 3 N–H and O–H groups in total. The minimum absolute atomic E-state index is 0.170. The van der Waals surface area contributed by atoms with Gasteiger partial charge in [0, 0.05) is 18.5 Å². The fourth-order valence-electron chi connectivity index (χ4n) is 3.47. The van der Waals surface area contributed by atoms with Gasteiger partial charge in [-0.3, -0.25) is 4.79 Å². The first-order chi connectivity index (χ1) is 14.1. The first kappa shape index (κ1) is 22.4. The van der Waals surface area contributed by atoms with Crippen LogP contribution >= 0.6 is 15.9 Å². The number of unbranched alkanes of at least 4 members (excludes halogenated alkanes) is 1. The molecule has 4 nitrogen and oxygen atoms in total. The van der Waals surface area contributed by atoms with Crippen molar-refractivity contribution in [3.8, 4) is 0 Å². The van der Waals surface area contributed by atoms with Crippen LogP contribution in [-0.2, 0) is 19.0 Å². The summed E-state index contributed by atoms with van der Waals surface area (Å²) in [4.78, 5) is 19.1. The molecule has 0 fully saturated rings. The molecule has 2 aromatic carbocycles. The van der Waals surface area contributed by atoms with Crippen molar-refractivity contribution in [2.75, 3.05) is 0 Å². The fourth-order valence-corrected chi connectivity index (χ4v) is 3.81. The van der Waals surface area contributed by atoms with Gasteiger partial charge in [0.1, 0.15) is 11.6 Å². The Morgan fingerprint density at radius 3 is 2.57 bits per heavy atom. The van der Waals surface area contributed by atoms with Crippen LogP contribution in [0.3, 0.4) is 0 Å². The van der Waals surface area contributed by atoms with Gasteiger partial charge in [-0.2, -0.15) is 13.2 Å². The lowest BCUT2D eigenvalue weighted by Gasteiger charge is -2.19. The van der Waals surface area contributed by atoms with Crippen molar-refractivity contribution >= 4 is 26.8 Å². The second-order valence-electron chi connectivity index (χ2n) is 7.16. The van der Waals surface area contributed by atoms with E-state index < -0.39 is 29.2 Å². The van der Waals surface area contributed by atoms with Crippen molar-refractivity contribution in [3.05, 3.63) is 73.5 Å². The molecule has 0 saturated heterocycles. The molecule has 0 aliphatic heterocycles. The summed E-state index contributed by atoms with van der Waals surface area (Å²) < 4.78 is 54.1. The first-order valence-electron chi connectivity index (χ1n) is 9.40. The number of hydrogen-bond donors (Lipinski definition) is 2. The van der Waals surface area contributed by atoms with E-state index in [2.05, 4.69) is 25.9 Å². The minimum atomic E-state index is -4.45. The highest BCUT2D eigenvalue weighted by Crippen LogP contribution is 2.35. The van der Waals surface area contributed by atoms with Crippen LogP contribution in [0.25, 0.3) is 10.9 Å². The number of hydrogen-bond acceptors (Lipinski definition) is 3. The van der Waals surface area contributed by atoms with Crippen LogP contribution in [0.5, 0.6) is 0 Å². The van der Waals surface area contributed by atoms with E-state index >= 15 is 0 Å². The van der Waals surface area contributed by atoms with Gasteiger partial charge in [0.05, 0.1) is 20.9 Å². The molecule has 0 spiro atoms. The predicted octanol–water partition coefficient (Wildman–Crippen LogP) is 5.43. The molecule has 1 heterocycles. The highest BCUT2D eigenvalue weighted by molar-refractivity contribution is 9.10. The first-order valence-corrected chi connectivity index (χ1v) is 10.2. The highest BCUT2D eigenvalue weighted by Gasteiger charge is 2.34. The Bertz CT molecular complexity index is 1130. The number of aromatic amines is 1. The molecule has 0 aliphatic carbocycles. The van der Waals surface area contributed by atoms with Crippen molar-refractivity contribution < 1.29 is 17.6 Å². The molecule has 3 aromatic rings. The number of rotatable bonds is 6. The maximum Gasteiger partial charge on any atom is 0.416 e. The summed E-state index contributed by atoms with van der Waals surface area (Å²) in [5, 5.41) is 0.257. The topological polar surface area (TPSA) is 71.8 Å². The summed E-state index contributed by atoms with van der Waals surface area (Å²) >= 11 is 3.03. The van der Waals surface area contributed by atoms with E-state index in [1.54, 1.807) is 13.0 Å². The van der Waals surface area contributed by atoms with Gasteiger partial charge < -0.3 is 10.7 Å². The number of nitrogens with one attached hydrogen (secondary N) is 1. The zero-order valence-corrected chi connectivity index (χ0v) is 17.7. The average Bonchev–Trinajstić information content (AvgIpc) is 2.66. The van der Waals surface area contributed by atoms with Crippen molar-refractivity contribution in [2.24, 2.45) is 5.73 Å². The standard InChI is InChI=1S/C21H20BrF4N3O/c1-11(27)12-6-4-7-15(21(24,25)26)13(12)5-2-3-8-19-28-18-10-17(23)16(22)9-14(18)20(30)29-19/h4,6-7,9-11H,2-3,5,8,27H2,1H3,(H,28,29,30)/t11-/m1/s1. The van der Waals surface area contributed by atoms with Crippen LogP contribution in [-0.4, -0.2) is 9.97 Å². The SMILES string of the molecule is C[C@@H](N)c1cccc(C(F)(F)F)c1CCCCc1nc2cc(F)c(Br)cc2c(=O)[nH]1. The number of aryl methyl sites for hydroxylation is 1.